The molecule has 1 N–H and O–H groups in total. The van der Waals surface area contributed by atoms with Crippen LogP contribution in [0.1, 0.15) is 15.9 Å². The van der Waals surface area contributed by atoms with Crippen LogP contribution >= 0.6 is 0 Å². The molecule has 122 valence electrons. The lowest BCUT2D eigenvalue weighted by molar-refractivity contribution is 0.0628. The van der Waals surface area contributed by atoms with Gasteiger partial charge in [-0.2, -0.15) is 0 Å². The van der Waals surface area contributed by atoms with Crippen molar-refractivity contribution in [1.29, 1.82) is 0 Å². The fourth-order valence-electron chi connectivity index (χ4n) is 3.28. The summed E-state index contributed by atoms with van der Waals surface area (Å²) in [6.45, 7) is 4.22. The van der Waals surface area contributed by atoms with E-state index in [2.05, 4.69) is 39.3 Å². The molecule has 1 aliphatic rings. The average Bonchev–Trinajstić information content (AvgIpc) is 3.06. The normalized spacial score (nSPS) is 15.8. The molecule has 5 heteroatoms. The first-order chi connectivity index (χ1) is 11.8. The number of pyridine rings is 1. The number of fused-ring (bicyclic) bond motifs is 1. The Kier molecular flexibility index (Phi) is 4.01. The molecule has 4 rings (SSSR count). The minimum Gasteiger partial charge on any atom is -0.361 e. The number of amides is 1. The van der Waals surface area contributed by atoms with Crippen LogP contribution in [0.5, 0.6) is 0 Å². The number of aromatic nitrogens is 2. The number of benzene rings is 1. The summed E-state index contributed by atoms with van der Waals surface area (Å²) in [5.74, 6) is 0.0786. The van der Waals surface area contributed by atoms with Crippen LogP contribution in [0.4, 0.5) is 0 Å². The van der Waals surface area contributed by atoms with Crippen LogP contribution in [0.25, 0.3) is 10.9 Å². The first-order valence-corrected chi connectivity index (χ1v) is 8.28. The van der Waals surface area contributed by atoms with Crippen molar-refractivity contribution >= 4 is 16.8 Å². The number of carbonyl (C=O) groups excluding carboxylic acids is 1. The molecule has 0 spiro atoms. The van der Waals surface area contributed by atoms with Crippen molar-refractivity contribution in [2.24, 2.45) is 0 Å². The molecule has 0 radical (unpaired) electrons. The molecule has 24 heavy (non-hydrogen) atoms. The van der Waals surface area contributed by atoms with E-state index < -0.39 is 0 Å². The van der Waals surface area contributed by atoms with Crippen molar-refractivity contribution in [1.82, 2.24) is 19.8 Å². The van der Waals surface area contributed by atoms with Gasteiger partial charge in [0.25, 0.3) is 5.91 Å². The third-order valence-electron chi connectivity index (χ3n) is 4.64. The smallest absolute Gasteiger partial charge is 0.255 e. The minimum absolute atomic E-state index is 0.0786. The number of H-pyrrole nitrogens is 1. The number of piperazine rings is 1. The van der Waals surface area contributed by atoms with Gasteiger partial charge < -0.3 is 9.88 Å². The molecule has 0 atom stereocenters. The van der Waals surface area contributed by atoms with E-state index in [9.17, 15) is 4.79 Å². The summed E-state index contributed by atoms with van der Waals surface area (Å²) in [7, 11) is 0. The second-order valence-electron chi connectivity index (χ2n) is 6.17. The maximum Gasteiger partial charge on any atom is 0.255 e. The molecule has 3 aromatic rings. The van der Waals surface area contributed by atoms with Crippen molar-refractivity contribution in [2.45, 2.75) is 6.54 Å². The summed E-state index contributed by atoms with van der Waals surface area (Å²) in [5, 5.41) is 1.28. The third-order valence-corrected chi connectivity index (χ3v) is 4.64. The van der Waals surface area contributed by atoms with Crippen molar-refractivity contribution in [3.8, 4) is 0 Å². The molecule has 1 aliphatic heterocycles. The molecular weight excluding hydrogens is 300 g/mol. The Morgan fingerprint density at radius 1 is 1.08 bits per heavy atom. The summed E-state index contributed by atoms with van der Waals surface area (Å²) in [6, 6.07) is 12.0. The summed E-state index contributed by atoms with van der Waals surface area (Å²) in [6.07, 6.45) is 5.42. The van der Waals surface area contributed by atoms with Gasteiger partial charge >= 0.3 is 0 Å². The summed E-state index contributed by atoms with van der Waals surface area (Å²) in [4.78, 5) is 24.1. The molecule has 1 saturated heterocycles. The largest absolute Gasteiger partial charge is 0.361 e. The van der Waals surface area contributed by atoms with Crippen LogP contribution in [0.2, 0.25) is 0 Å². The highest BCUT2D eigenvalue weighted by atomic mass is 16.2. The second-order valence-corrected chi connectivity index (χ2v) is 6.17. The van der Waals surface area contributed by atoms with E-state index in [1.165, 1.54) is 16.5 Å². The second kappa shape index (κ2) is 6.45. The Hall–Kier alpha value is -2.66. The van der Waals surface area contributed by atoms with E-state index in [1.54, 1.807) is 18.5 Å². The highest BCUT2D eigenvalue weighted by molar-refractivity contribution is 5.93. The number of para-hydroxylation sites is 1. The average molecular weight is 320 g/mol. The highest BCUT2D eigenvalue weighted by Crippen LogP contribution is 2.20. The molecule has 1 aromatic carbocycles. The van der Waals surface area contributed by atoms with E-state index in [1.807, 2.05) is 17.0 Å². The SMILES string of the molecule is O=C(c1cccnc1)N1CCN(Cc2c[nH]c3ccccc23)CC1. The number of rotatable bonds is 3. The van der Waals surface area contributed by atoms with Crippen LogP contribution < -0.4 is 0 Å². The van der Waals surface area contributed by atoms with Gasteiger partial charge in [0.2, 0.25) is 0 Å². The van der Waals surface area contributed by atoms with Crippen molar-refractivity contribution in [3.63, 3.8) is 0 Å². The topological polar surface area (TPSA) is 52.2 Å². The lowest BCUT2D eigenvalue weighted by atomic mass is 10.1. The first-order valence-electron chi connectivity index (χ1n) is 8.28. The number of nitrogens with one attached hydrogen (secondary N) is 1. The molecule has 0 aliphatic carbocycles. The van der Waals surface area contributed by atoms with E-state index in [4.69, 9.17) is 0 Å². The maximum absolute atomic E-state index is 12.5. The molecule has 3 heterocycles. The predicted octanol–water partition coefficient (Wildman–Crippen LogP) is 2.52. The molecule has 0 bridgehead atoms. The molecule has 1 amide bonds. The predicted molar refractivity (Wildman–Crippen MR) is 93.7 cm³/mol. The standard InChI is InChI=1S/C19H20N4O/c24-19(15-4-3-7-20-12-15)23-10-8-22(9-11-23)14-16-13-21-18-6-2-1-5-17(16)18/h1-7,12-13,21H,8-11,14H2. The van der Waals surface area contributed by atoms with E-state index in [0.717, 1.165) is 32.7 Å². The Labute approximate surface area is 140 Å². The van der Waals surface area contributed by atoms with Crippen LogP contribution in [0, 0.1) is 0 Å². The fourth-order valence-corrected chi connectivity index (χ4v) is 3.28. The molecule has 0 saturated carbocycles. The minimum atomic E-state index is 0.0786. The number of hydrogen-bond acceptors (Lipinski definition) is 3. The molecule has 2 aromatic heterocycles. The van der Waals surface area contributed by atoms with Crippen molar-refractivity contribution in [2.75, 3.05) is 26.2 Å². The third kappa shape index (κ3) is 2.90. The van der Waals surface area contributed by atoms with Crippen LogP contribution in [-0.4, -0.2) is 51.9 Å². The van der Waals surface area contributed by atoms with Gasteiger partial charge in [-0.15, -0.1) is 0 Å². The van der Waals surface area contributed by atoms with Gasteiger partial charge in [-0.05, 0) is 23.8 Å². The highest BCUT2D eigenvalue weighted by Gasteiger charge is 2.22. The lowest BCUT2D eigenvalue weighted by Crippen LogP contribution is -2.48. The van der Waals surface area contributed by atoms with Gasteiger partial charge in [-0.3, -0.25) is 14.7 Å². The van der Waals surface area contributed by atoms with E-state index in [-0.39, 0.29) is 5.91 Å². The van der Waals surface area contributed by atoms with Crippen LogP contribution in [0.15, 0.2) is 55.0 Å². The molecule has 1 fully saturated rings. The number of nitrogens with zero attached hydrogens (tertiary/aromatic N) is 3. The number of hydrogen-bond donors (Lipinski definition) is 1. The zero-order valence-corrected chi connectivity index (χ0v) is 13.5. The number of carbonyl (C=O) groups is 1. The van der Waals surface area contributed by atoms with Crippen molar-refractivity contribution in [3.05, 3.63) is 66.1 Å². The molecular formula is C19H20N4O. The lowest BCUT2D eigenvalue weighted by Gasteiger charge is -2.34. The van der Waals surface area contributed by atoms with Crippen LogP contribution in [0.3, 0.4) is 0 Å². The van der Waals surface area contributed by atoms with Gasteiger partial charge in [0.05, 0.1) is 5.56 Å². The number of aromatic amines is 1. The van der Waals surface area contributed by atoms with Gasteiger partial charge in [0, 0.05) is 62.2 Å². The van der Waals surface area contributed by atoms with E-state index >= 15 is 0 Å². The molecule has 0 unspecified atom stereocenters. The monoisotopic (exact) mass is 320 g/mol. The summed E-state index contributed by atoms with van der Waals surface area (Å²) >= 11 is 0. The summed E-state index contributed by atoms with van der Waals surface area (Å²) in [5.41, 5.74) is 3.16. The Morgan fingerprint density at radius 2 is 1.92 bits per heavy atom. The Morgan fingerprint density at radius 3 is 2.71 bits per heavy atom. The Balaban J connectivity index is 1.39. The van der Waals surface area contributed by atoms with Gasteiger partial charge in [-0.25, -0.2) is 0 Å². The zero-order chi connectivity index (χ0) is 16.4. The first kappa shape index (κ1) is 14.9. The van der Waals surface area contributed by atoms with Gasteiger partial charge in [0.1, 0.15) is 0 Å². The summed E-state index contributed by atoms with van der Waals surface area (Å²) < 4.78 is 0. The quantitative estimate of drug-likeness (QED) is 0.807. The van der Waals surface area contributed by atoms with Gasteiger partial charge in [-0.1, -0.05) is 18.2 Å². The maximum atomic E-state index is 12.5. The van der Waals surface area contributed by atoms with Crippen LogP contribution in [-0.2, 0) is 6.54 Å². The van der Waals surface area contributed by atoms with E-state index in [0.29, 0.717) is 5.56 Å². The van der Waals surface area contributed by atoms with Gasteiger partial charge in [0.15, 0.2) is 0 Å². The Bertz CT molecular complexity index is 835. The molecule has 5 nitrogen and oxygen atoms in total. The zero-order valence-electron chi connectivity index (χ0n) is 13.5. The fraction of sp³-hybridized carbons (Fsp3) is 0.263. The van der Waals surface area contributed by atoms with Crippen molar-refractivity contribution < 1.29 is 4.79 Å².